The summed E-state index contributed by atoms with van der Waals surface area (Å²) in [6.45, 7) is 2.85. The molecule has 0 aliphatic heterocycles. The van der Waals surface area contributed by atoms with Crippen LogP contribution in [0.3, 0.4) is 0 Å². The van der Waals surface area contributed by atoms with Crippen molar-refractivity contribution in [3.05, 3.63) is 46.1 Å². The minimum Gasteiger partial charge on any atom is -0.370 e. The van der Waals surface area contributed by atoms with Gasteiger partial charge in [0.25, 0.3) is 5.91 Å². The third kappa shape index (κ3) is 5.65. The van der Waals surface area contributed by atoms with E-state index in [1.807, 2.05) is 13.0 Å². The molecule has 0 atom stereocenters. The van der Waals surface area contributed by atoms with E-state index >= 15 is 0 Å². The molecule has 1 amide bonds. The molecule has 1 fully saturated rings. The van der Waals surface area contributed by atoms with Crippen LogP contribution in [0.15, 0.2) is 24.3 Å². The number of benzene rings is 1. The van der Waals surface area contributed by atoms with Crippen LogP contribution in [-0.2, 0) is 12.6 Å². The van der Waals surface area contributed by atoms with Gasteiger partial charge in [-0.25, -0.2) is 0 Å². The highest BCUT2D eigenvalue weighted by Crippen LogP contribution is 2.32. The number of rotatable bonds is 6. The largest absolute Gasteiger partial charge is 0.416 e. The first-order valence-electron chi connectivity index (χ1n) is 9.72. The summed E-state index contributed by atoms with van der Waals surface area (Å²) in [6, 6.07) is 4.72. The van der Waals surface area contributed by atoms with Gasteiger partial charge in [0.15, 0.2) is 0 Å². The molecule has 158 valence electrons. The smallest absolute Gasteiger partial charge is 0.370 e. The number of aromatic amines is 1. The number of nitrogens with zero attached hydrogens (tertiary/aromatic N) is 1. The molecule has 1 aromatic carbocycles. The molecule has 5 nitrogen and oxygen atoms in total. The topological polar surface area (TPSA) is 69.8 Å². The Balaban J connectivity index is 1.49. The molecule has 1 aromatic heterocycles. The quantitative estimate of drug-likeness (QED) is 0.603. The van der Waals surface area contributed by atoms with E-state index in [1.165, 1.54) is 0 Å². The second kappa shape index (κ2) is 9.07. The Labute approximate surface area is 172 Å². The number of halogens is 4. The normalized spacial score (nSPS) is 19.8. The molecule has 2 aromatic rings. The van der Waals surface area contributed by atoms with Gasteiger partial charge < -0.3 is 10.6 Å². The highest BCUT2D eigenvalue weighted by Gasteiger charge is 2.32. The van der Waals surface area contributed by atoms with Crippen molar-refractivity contribution in [1.82, 2.24) is 15.5 Å². The van der Waals surface area contributed by atoms with E-state index in [2.05, 4.69) is 20.8 Å². The molecule has 0 saturated heterocycles. The van der Waals surface area contributed by atoms with E-state index in [0.29, 0.717) is 5.92 Å². The van der Waals surface area contributed by atoms with Crippen LogP contribution >= 0.6 is 11.6 Å². The first-order chi connectivity index (χ1) is 13.8. The van der Waals surface area contributed by atoms with Crippen molar-refractivity contribution in [3.63, 3.8) is 0 Å². The Bertz CT molecular complexity index is 844. The van der Waals surface area contributed by atoms with Gasteiger partial charge in [-0.05, 0) is 56.2 Å². The lowest BCUT2D eigenvalue weighted by Gasteiger charge is -2.29. The summed E-state index contributed by atoms with van der Waals surface area (Å²) in [4.78, 5) is 12.4. The fourth-order valence-corrected chi connectivity index (χ4v) is 3.74. The minimum absolute atomic E-state index is 0.0133. The second-order valence-corrected chi connectivity index (χ2v) is 7.80. The number of amides is 1. The van der Waals surface area contributed by atoms with E-state index in [4.69, 9.17) is 11.6 Å². The molecular weight excluding hydrogens is 405 g/mol. The summed E-state index contributed by atoms with van der Waals surface area (Å²) in [5.41, 5.74) is -0.0182. The van der Waals surface area contributed by atoms with Crippen LogP contribution in [0.25, 0.3) is 0 Å². The number of hydrogen-bond acceptors (Lipinski definition) is 3. The Morgan fingerprint density at radius 2 is 1.97 bits per heavy atom. The number of anilines is 1. The zero-order valence-corrected chi connectivity index (χ0v) is 16.8. The molecule has 0 unspecified atom stereocenters. The Kier molecular flexibility index (Phi) is 6.72. The van der Waals surface area contributed by atoms with E-state index in [1.54, 1.807) is 0 Å². The van der Waals surface area contributed by atoms with Crippen LogP contribution in [0.2, 0.25) is 5.02 Å². The maximum absolute atomic E-state index is 12.9. The molecule has 0 radical (unpaired) electrons. The van der Waals surface area contributed by atoms with Crippen molar-refractivity contribution in [1.29, 1.82) is 0 Å². The number of H-pyrrole nitrogens is 1. The van der Waals surface area contributed by atoms with Gasteiger partial charge in [-0.1, -0.05) is 18.5 Å². The Morgan fingerprint density at radius 3 is 2.59 bits per heavy atom. The SMILES string of the molecule is CCc1cc(NC[C@H]2CC[C@H](NC(=O)c3cc(C(F)(F)F)ccc3Cl)CC2)[nH]n1. The van der Waals surface area contributed by atoms with Gasteiger partial charge in [0.1, 0.15) is 5.82 Å². The summed E-state index contributed by atoms with van der Waals surface area (Å²) >= 11 is 5.95. The molecule has 29 heavy (non-hydrogen) atoms. The number of aromatic nitrogens is 2. The van der Waals surface area contributed by atoms with Crippen molar-refractivity contribution in [2.24, 2.45) is 5.92 Å². The summed E-state index contributed by atoms with van der Waals surface area (Å²) in [7, 11) is 0. The number of alkyl halides is 3. The number of hydrogen-bond donors (Lipinski definition) is 3. The molecule has 0 spiro atoms. The first-order valence-corrected chi connectivity index (χ1v) is 10.1. The Morgan fingerprint density at radius 1 is 1.24 bits per heavy atom. The van der Waals surface area contributed by atoms with Gasteiger partial charge >= 0.3 is 6.18 Å². The molecule has 1 aliphatic carbocycles. The van der Waals surface area contributed by atoms with Crippen molar-refractivity contribution in [3.8, 4) is 0 Å². The number of carbonyl (C=O) groups excluding carboxylic acids is 1. The van der Waals surface area contributed by atoms with Crippen LogP contribution in [0.4, 0.5) is 19.0 Å². The average Bonchev–Trinajstić information content (AvgIpc) is 3.15. The zero-order chi connectivity index (χ0) is 21.0. The van der Waals surface area contributed by atoms with Crippen LogP contribution in [0.5, 0.6) is 0 Å². The van der Waals surface area contributed by atoms with Gasteiger partial charge in [-0.2, -0.15) is 18.3 Å². The highest BCUT2D eigenvalue weighted by atomic mass is 35.5. The predicted molar refractivity (Wildman–Crippen MR) is 106 cm³/mol. The molecule has 3 N–H and O–H groups in total. The monoisotopic (exact) mass is 428 g/mol. The van der Waals surface area contributed by atoms with Crippen molar-refractivity contribution < 1.29 is 18.0 Å². The fraction of sp³-hybridized carbons (Fsp3) is 0.500. The lowest BCUT2D eigenvalue weighted by molar-refractivity contribution is -0.137. The van der Waals surface area contributed by atoms with E-state index in [-0.39, 0.29) is 16.6 Å². The molecular formula is C20H24ClF3N4O. The van der Waals surface area contributed by atoms with Crippen LogP contribution in [0, 0.1) is 5.92 Å². The first kappa shape index (κ1) is 21.5. The fourth-order valence-electron chi connectivity index (χ4n) is 3.54. The van der Waals surface area contributed by atoms with Crippen LogP contribution < -0.4 is 10.6 Å². The van der Waals surface area contributed by atoms with E-state index < -0.39 is 17.6 Å². The van der Waals surface area contributed by atoms with Gasteiger partial charge in [0.2, 0.25) is 0 Å². The molecule has 1 heterocycles. The molecule has 0 bridgehead atoms. The lowest BCUT2D eigenvalue weighted by atomic mass is 9.86. The Hall–Kier alpha value is -2.22. The third-order valence-corrected chi connectivity index (χ3v) is 5.62. The summed E-state index contributed by atoms with van der Waals surface area (Å²) < 4.78 is 38.7. The molecule has 3 rings (SSSR count). The maximum Gasteiger partial charge on any atom is 0.416 e. The summed E-state index contributed by atoms with van der Waals surface area (Å²) in [5.74, 6) is 0.803. The number of aryl methyl sites for hydroxylation is 1. The standard InChI is InChI=1S/C20H24ClF3N4O/c1-2-14-10-18(28-27-14)25-11-12-3-6-15(7-4-12)26-19(29)16-9-13(20(22,23)24)5-8-17(16)21/h5,8-10,12,15H,2-4,6-7,11H2,1H3,(H,26,29)(H2,25,27,28)/t12-,15-. The average molecular weight is 429 g/mol. The van der Waals surface area contributed by atoms with E-state index in [0.717, 1.165) is 68.4 Å². The van der Waals surface area contributed by atoms with Crippen molar-refractivity contribution in [2.45, 2.75) is 51.2 Å². The summed E-state index contributed by atoms with van der Waals surface area (Å²) in [5, 5.41) is 13.3. The zero-order valence-electron chi connectivity index (χ0n) is 16.1. The second-order valence-electron chi connectivity index (χ2n) is 7.39. The van der Waals surface area contributed by atoms with E-state index in [9.17, 15) is 18.0 Å². The summed E-state index contributed by atoms with van der Waals surface area (Å²) in [6.07, 6.45) is -0.252. The third-order valence-electron chi connectivity index (χ3n) is 5.29. The van der Waals surface area contributed by atoms with Crippen LogP contribution in [-0.4, -0.2) is 28.7 Å². The van der Waals surface area contributed by atoms with Gasteiger partial charge in [-0.15, -0.1) is 0 Å². The predicted octanol–water partition coefficient (Wildman–Crippen LogP) is 5.05. The van der Waals surface area contributed by atoms with Crippen molar-refractivity contribution in [2.75, 3.05) is 11.9 Å². The van der Waals surface area contributed by atoms with Crippen molar-refractivity contribution >= 4 is 23.3 Å². The number of carbonyl (C=O) groups is 1. The number of nitrogens with one attached hydrogen (secondary N) is 3. The highest BCUT2D eigenvalue weighted by molar-refractivity contribution is 6.33. The van der Waals surface area contributed by atoms with Gasteiger partial charge in [0.05, 0.1) is 21.8 Å². The van der Waals surface area contributed by atoms with Crippen LogP contribution in [0.1, 0.15) is 54.2 Å². The molecule has 1 aliphatic rings. The van der Waals surface area contributed by atoms with Gasteiger partial charge in [0, 0.05) is 18.7 Å². The molecule has 9 heteroatoms. The lowest BCUT2D eigenvalue weighted by Crippen LogP contribution is -2.38. The maximum atomic E-state index is 12.9. The van der Waals surface area contributed by atoms with Gasteiger partial charge in [-0.3, -0.25) is 9.89 Å². The molecule has 1 saturated carbocycles. The minimum atomic E-state index is -4.52.